The molecular weight excluding hydrogens is 320 g/mol. The van der Waals surface area contributed by atoms with Crippen LogP contribution in [0.3, 0.4) is 0 Å². The summed E-state index contributed by atoms with van der Waals surface area (Å²) in [4.78, 5) is 24.8. The van der Waals surface area contributed by atoms with Gasteiger partial charge < -0.3 is 14.5 Å². The first-order valence-electron chi connectivity index (χ1n) is 8.42. The van der Waals surface area contributed by atoms with Crippen molar-refractivity contribution >= 4 is 5.91 Å². The largest absolute Gasteiger partial charge is 0.380 e. The summed E-state index contributed by atoms with van der Waals surface area (Å²) < 4.78 is 7.78. The van der Waals surface area contributed by atoms with Crippen LogP contribution < -0.4 is 0 Å². The van der Waals surface area contributed by atoms with Crippen molar-refractivity contribution < 1.29 is 9.53 Å². The summed E-state index contributed by atoms with van der Waals surface area (Å²) in [7, 11) is 4.04. The molecule has 8 heteroatoms. The lowest BCUT2D eigenvalue weighted by Gasteiger charge is -2.24. The van der Waals surface area contributed by atoms with E-state index in [0.717, 1.165) is 18.8 Å². The molecule has 1 amide bonds. The Hall–Kier alpha value is -2.32. The molecule has 1 unspecified atom stereocenters. The maximum absolute atomic E-state index is 12.8. The molecule has 1 aliphatic heterocycles. The molecule has 0 saturated carbocycles. The zero-order valence-corrected chi connectivity index (χ0v) is 14.7. The van der Waals surface area contributed by atoms with Crippen LogP contribution >= 0.6 is 0 Å². The zero-order chi connectivity index (χ0) is 17.6. The Labute approximate surface area is 147 Å². The van der Waals surface area contributed by atoms with Gasteiger partial charge in [-0.05, 0) is 20.2 Å². The number of carbonyl (C=O) groups is 1. The number of hydrogen-bond donors (Lipinski definition) is 0. The highest BCUT2D eigenvalue weighted by atomic mass is 16.5. The summed E-state index contributed by atoms with van der Waals surface area (Å²) in [6, 6.07) is 1.95. The summed E-state index contributed by atoms with van der Waals surface area (Å²) in [5.74, 6) is 0.0741. The molecule has 3 heterocycles. The van der Waals surface area contributed by atoms with E-state index in [4.69, 9.17) is 4.74 Å². The Morgan fingerprint density at radius 2 is 2.20 bits per heavy atom. The van der Waals surface area contributed by atoms with E-state index < -0.39 is 0 Å². The highest BCUT2D eigenvalue weighted by molar-refractivity contribution is 5.91. The third kappa shape index (κ3) is 4.61. The van der Waals surface area contributed by atoms with Crippen LogP contribution in [0.15, 0.2) is 30.9 Å². The lowest BCUT2D eigenvalue weighted by Crippen LogP contribution is -2.36. The van der Waals surface area contributed by atoms with E-state index in [9.17, 15) is 4.79 Å². The lowest BCUT2D eigenvalue weighted by molar-refractivity contribution is 0.0556. The Morgan fingerprint density at radius 1 is 1.32 bits per heavy atom. The lowest BCUT2D eigenvalue weighted by atomic mass is 10.1. The number of aromatic nitrogens is 4. The predicted molar refractivity (Wildman–Crippen MR) is 91.9 cm³/mol. The van der Waals surface area contributed by atoms with Crippen molar-refractivity contribution in [2.45, 2.75) is 13.1 Å². The van der Waals surface area contributed by atoms with E-state index in [1.54, 1.807) is 12.4 Å². The van der Waals surface area contributed by atoms with Crippen molar-refractivity contribution in [3.8, 4) is 0 Å². The van der Waals surface area contributed by atoms with Gasteiger partial charge in [-0.3, -0.25) is 14.5 Å². The van der Waals surface area contributed by atoms with E-state index in [0.29, 0.717) is 32.0 Å². The highest BCUT2D eigenvalue weighted by Crippen LogP contribution is 2.18. The van der Waals surface area contributed by atoms with Crippen molar-refractivity contribution in [2.75, 3.05) is 40.4 Å². The van der Waals surface area contributed by atoms with Gasteiger partial charge in [-0.1, -0.05) is 0 Å². The number of likely N-dealkylation sites (N-methyl/N-ethyl adjacent to an activating group) is 1. The molecule has 0 spiro atoms. The van der Waals surface area contributed by atoms with Gasteiger partial charge in [0.1, 0.15) is 5.69 Å². The fraction of sp³-hybridized carbons (Fsp3) is 0.529. The van der Waals surface area contributed by atoms with Crippen LogP contribution in [-0.2, 0) is 17.8 Å². The molecule has 3 rings (SSSR count). The van der Waals surface area contributed by atoms with Crippen LogP contribution in [0, 0.1) is 5.92 Å². The topological polar surface area (TPSA) is 76.4 Å². The molecule has 2 aromatic rings. The molecular formula is C17H24N6O2. The van der Waals surface area contributed by atoms with Gasteiger partial charge in [-0.15, -0.1) is 0 Å². The third-order valence-electron chi connectivity index (χ3n) is 4.17. The van der Waals surface area contributed by atoms with Gasteiger partial charge in [0.15, 0.2) is 0 Å². The molecule has 0 fully saturated rings. The number of carbonyl (C=O) groups excluding carboxylic acids is 1. The van der Waals surface area contributed by atoms with E-state index in [-0.39, 0.29) is 11.8 Å². The number of fused-ring (bicyclic) bond motifs is 1. The van der Waals surface area contributed by atoms with Gasteiger partial charge in [-0.25, -0.2) is 4.98 Å². The van der Waals surface area contributed by atoms with Crippen molar-refractivity contribution in [1.29, 1.82) is 0 Å². The van der Waals surface area contributed by atoms with Gasteiger partial charge in [0.2, 0.25) is 0 Å². The normalized spacial score (nSPS) is 17.4. The monoisotopic (exact) mass is 344 g/mol. The number of rotatable bonds is 6. The van der Waals surface area contributed by atoms with Crippen LogP contribution in [0.1, 0.15) is 16.2 Å². The Morgan fingerprint density at radius 3 is 2.96 bits per heavy atom. The highest BCUT2D eigenvalue weighted by Gasteiger charge is 2.27. The van der Waals surface area contributed by atoms with Gasteiger partial charge in [0.05, 0.1) is 31.6 Å². The molecule has 134 valence electrons. The second-order valence-electron chi connectivity index (χ2n) is 6.53. The first-order chi connectivity index (χ1) is 12.1. The smallest absolute Gasteiger partial charge is 0.274 e. The van der Waals surface area contributed by atoms with E-state index in [2.05, 4.69) is 20.0 Å². The number of amides is 1. The van der Waals surface area contributed by atoms with Gasteiger partial charge in [0, 0.05) is 44.1 Å². The predicted octanol–water partition coefficient (Wildman–Crippen LogP) is 0.524. The number of hydrogen-bond acceptors (Lipinski definition) is 6. The first kappa shape index (κ1) is 17.5. The maximum atomic E-state index is 12.8. The van der Waals surface area contributed by atoms with Crippen LogP contribution in [0.5, 0.6) is 0 Å². The first-order valence-corrected chi connectivity index (χ1v) is 8.42. The third-order valence-corrected chi connectivity index (χ3v) is 4.17. The molecule has 1 atom stereocenters. The fourth-order valence-corrected chi connectivity index (χ4v) is 2.86. The fourth-order valence-electron chi connectivity index (χ4n) is 2.86. The minimum Gasteiger partial charge on any atom is -0.380 e. The Bertz CT molecular complexity index is 687. The molecule has 8 nitrogen and oxygen atoms in total. The van der Waals surface area contributed by atoms with Crippen LogP contribution in [0.25, 0.3) is 0 Å². The second kappa shape index (κ2) is 8.17. The molecule has 0 N–H and O–H groups in total. The molecule has 1 aliphatic rings. The number of ether oxygens (including phenoxy) is 1. The molecule has 0 radical (unpaired) electrons. The van der Waals surface area contributed by atoms with Crippen molar-refractivity contribution in [3.63, 3.8) is 0 Å². The molecule has 0 saturated heterocycles. The average molecular weight is 344 g/mol. The Balaban J connectivity index is 1.69. The van der Waals surface area contributed by atoms with E-state index in [1.807, 2.05) is 29.7 Å². The average Bonchev–Trinajstić information content (AvgIpc) is 2.97. The van der Waals surface area contributed by atoms with Crippen LogP contribution in [0.2, 0.25) is 0 Å². The second-order valence-corrected chi connectivity index (χ2v) is 6.53. The molecule has 0 aliphatic carbocycles. The summed E-state index contributed by atoms with van der Waals surface area (Å²) in [6.45, 7) is 4.02. The van der Waals surface area contributed by atoms with Crippen molar-refractivity contribution in [2.24, 2.45) is 5.92 Å². The standard InChI is InChI=1S/C17H24N6O2/c1-21(2)7-8-25-13-14-10-22(12-15-3-4-20-23(15)11-14)17(24)16-9-18-5-6-19-16/h3-6,9,14H,7-8,10-13H2,1-2H3. The van der Waals surface area contributed by atoms with Gasteiger partial charge >= 0.3 is 0 Å². The quantitative estimate of drug-likeness (QED) is 0.711. The summed E-state index contributed by atoms with van der Waals surface area (Å²) in [5.41, 5.74) is 1.38. The minimum atomic E-state index is -0.110. The van der Waals surface area contributed by atoms with Crippen LogP contribution in [-0.4, -0.2) is 75.9 Å². The maximum Gasteiger partial charge on any atom is 0.274 e. The molecule has 2 aromatic heterocycles. The van der Waals surface area contributed by atoms with E-state index >= 15 is 0 Å². The number of nitrogens with zero attached hydrogens (tertiary/aromatic N) is 6. The molecule has 0 aromatic carbocycles. The molecule has 25 heavy (non-hydrogen) atoms. The van der Waals surface area contributed by atoms with E-state index in [1.165, 1.54) is 12.4 Å². The van der Waals surface area contributed by atoms with Crippen molar-refractivity contribution in [1.82, 2.24) is 29.5 Å². The summed E-state index contributed by atoms with van der Waals surface area (Å²) in [5, 5.41) is 4.38. The summed E-state index contributed by atoms with van der Waals surface area (Å²) >= 11 is 0. The zero-order valence-electron chi connectivity index (χ0n) is 14.7. The van der Waals surface area contributed by atoms with Crippen LogP contribution in [0.4, 0.5) is 0 Å². The summed E-state index contributed by atoms with van der Waals surface area (Å²) in [6.07, 6.45) is 6.38. The van der Waals surface area contributed by atoms with Gasteiger partial charge in [-0.2, -0.15) is 5.10 Å². The SMILES string of the molecule is CN(C)CCOCC1CN(C(=O)c2cnccn2)Cc2ccnn2C1. The molecule has 0 bridgehead atoms. The Kier molecular flexibility index (Phi) is 5.72. The van der Waals surface area contributed by atoms with Gasteiger partial charge in [0.25, 0.3) is 5.91 Å². The van der Waals surface area contributed by atoms with Crippen molar-refractivity contribution in [3.05, 3.63) is 42.2 Å². The minimum absolute atomic E-state index is 0.110.